The molecule has 158 valence electrons. The number of thioether (sulfide) groups is 1. The van der Waals surface area contributed by atoms with Gasteiger partial charge in [0.2, 0.25) is 0 Å². The number of halogens is 1. The molecule has 32 heavy (non-hydrogen) atoms. The van der Waals surface area contributed by atoms with E-state index in [9.17, 15) is 9.18 Å². The molecule has 0 spiro atoms. The molecule has 1 fully saturated rings. The zero-order valence-corrected chi connectivity index (χ0v) is 20.5. The minimum atomic E-state index is -0.833. The Balaban J connectivity index is 0.000000672. The van der Waals surface area contributed by atoms with Crippen molar-refractivity contribution in [1.29, 1.82) is 0 Å². The first-order valence-corrected chi connectivity index (χ1v) is 9.90. The summed E-state index contributed by atoms with van der Waals surface area (Å²) in [6.07, 6.45) is 1.81. The van der Waals surface area contributed by atoms with Crippen LogP contribution in [0, 0.1) is 11.9 Å². The number of hydrogen-bond donors (Lipinski definition) is 2. The molecule has 0 aliphatic carbocycles. The van der Waals surface area contributed by atoms with Gasteiger partial charge in [0, 0.05) is 12.7 Å². The van der Waals surface area contributed by atoms with E-state index in [4.69, 9.17) is 14.6 Å². The SMILES string of the molecule is CC(=O)O.COc1ccc2cc(C=C3SC(=Nc4cc[c-]c(F)c4)NC3=O)ccc2c1.[Na+]. The molecule has 1 aliphatic heterocycles. The van der Waals surface area contributed by atoms with E-state index in [0.29, 0.717) is 15.8 Å². The average molecular weight is 460 g/mol. The van der Waals surface area contributed by atoms with Crippen molar-refractivity contribution in [2.45, 2.75) is 6.92 Å². The number of carboxylic acids is 1. The third-order valence-electron chi connectivity index (χ3n) is 4.00. The maximum Gasteiger partial charge on any atom is 1.00 e. The number of nitrogens with one attached hydrogen (secondary N) is 1. The summed E-state index contributed by atoms with van der Waals surface area (Å²) in [6.45, 7) is 1.08. The van der Waals surface area contributed by atoms with Crippen molar-refractivity contribution in [1.82, 2.24) is 5.32 Å². The number of fused-ring (bicyclic) bond motifs is 1. The molecule has 3 aromatic carbocycles. The smallest absolute Gasteiger partial charge is 0.497 e. The first-order valence-electron chi connectivity index (χ1n) is 9.08. The molecular formula is C23H18FN2NaO4S. The van der Waals surface area contributed by atoms with E-state index >= 15 is 0 Å². The van der Waals surface area contributed by atoms with E-state index in [0.717, 1.165) is 29.0 Å². The van der Waals surface area contributed by atoms with Crippen LogP contribution in [0.4, 0.5) is 10.1 Å². The van der Waals surface area contributed by atoms with Crippen molar-refractivity contribution in [3.63, 3.8) is 0 Å². The third-order valence-corrected chi connectivity index (χ3v) is 4.91. The second-order valence-electron chi connectivity index (χ2n) is 6.37. The number of methoxy groups -OCH3 is 1. The molecule has 2 N–H and O–H groups in total. The zero-order valence-electron chi connectivity index (χ0n) is 17.7. The molecule has 0 unspecified atom stereocenters. The number of carbonyl (C=O) groups excluding carboxylic acids is 1. The van der Waals surface area contributed by atoms with Crippen LogP contribution in [0.3, 0.4) is 0 Å². The zero-order chi connectivity index (χ0) is 22.4. The van der Waals surface area contributed by atoms with Gasteiger partial charge in [-0.1, -0.05) is 18.2 Å². The molecule has 0 radical (unpaired) electrons. The molecule has 3 aromatic rings. The van der Waals surface area contributed by atoms with Crippen LogP contribution in [0.25, 0.3) is 16.8 Å². The summed E-state index contributed by atoms with van der Waals surface area (Å²) in [5, 5.41) is 12.7. The topological polar surface area (TPSA) is 88.0 Å². The number of carboxylic acid groups (broad SMARTS) is 1. The van der Waals surface area contributed by atoms with Crippen molar-refractivity contribution in [2.75, 3.05) is 7.11 Å². The van der Waals surface area contributed by atoms with Gasteiger partial charge in [-0.3, -0.25) is 14.6 Å². The molecule has 1 saturated heterocycles. The third kappa shape index (κ3) is 7.20. The maximum atomic E-state index is 13.2. The van der Waals surface area contributed by atoms with Gasteiger partial charge in [-0.25, -0.2) is 4.39 Å². The summed E-state index contributed by atoms with van der Waals surface area (Å²) in [4.78, 5) is 26.0. The summed E-state index contributed by atoms with van der Waals surface area (Å²) in [5.41, 5.74) is 1.34. The molecule has 0 saturated carbocycles. The number of aliphatic imine (C=N–C) groups is 1. The van der Waals surface area contributed by atoms with Crippen molar-refractivity contribution in [2.24, 2.45) is 4.99 Å². The fraction of sp³-hybridized carbons (Fsp3) is 0.0870. The second kappa shape index (κ2) is 11.8. The van der Waals surface area contributed by atoms with Crippen LogP contribution in [-0.4, -0.2) is 29.3 Å². The Morgan fingerprint density at radius 3 is 2.56 bits per heavy atom. The minimum Gasteiger partial charge on any atom is -0.497 e. The van der Waals surface area contributed by atoms with Gasteiger partial charge in [0.05, 0.1) is 12.0 Å². The fourth-order valence-corrected chi connectivity index (χ4v) is 3.55. The summed E-state index contributed by atoms with van der Waals surface area (Å²) in [5.74, 6) is -0.749. The number of amidine groups is 1. The monoisotopic (exact) mass is 460 g/mol. The van der Waals surface area contributed by atoms with Crippen LogP contribution in [0.1, 0.15) is 12.5 Å². The Labute approximate surface area is 210 Å². The number of carbonyl (C=O) groups is 2. The van der Waals surface area contributed by atoms with Gasteiger partial charge in [-0.15, -0.1) is 18.2 Å². The quantitative estimate of drug-likeness (QED) is 0.354. The Morgan fingerprint density at radius 1 is 1.19 bits per heavy atom. The Morgan fingerprint density at radius 2 is 1.88 bits per heavy atom. The first kappa shape index (κ1) is 25.6. The van der Waals surface area contributed by atoms with Crippen molar-refractivity contribution in [3.05, 3.63) is 76.9 Å². The van der Waals surface area contributed by atoms with Gasteiger partial charge in [-0.05, 0) is 58.1 Å². The van der Waals surface area contributed by atoms with E-state index in [1.165, 1.54) is 23.9 Å². The second-order valence-corrected chi connectivity index (χ2v) is 7.40. The van der Waals surface area contributed by atoms with E-state index in [-0.39, 0.29) is 35.5 Å². The summed E-state index contributed by atoms with van der Waals surface area (Å²) in [6, 6.07) is 18.5. The fourth-order valence-electron chi connectivity index (χ4n) is 2.70. The molecule has 9 heteroatoms. The molecule has 0 aromatic heterocycles. The number of nitrogens with zero attached hydrogens (tertiary/aromatic N) is 1. The normalized spacial score (nSPS) is 15.0. The van der Waals surface area contributed by atoms with E-state index in [1.54, 1.807) is 13.2 Å². The van der Waals surface area contributed by atoms with E-state index < -0.39 is 11.8 Å². The molecule has 4 rings (SSSR count). The van der Waals surface area contributed by atoms with Gasteiger partial charge < -0.3 is 15.2 Å². The van der Waals surface area contributed by atoms with E-state index in [1.807, 2.05) is 42.5 Å². The van der Waals surface area contributed by atoms with Crippen molar-refractivity contribution >= 4 is 51.3 Å². The van der Waals surface area contributed by atoms with Crippen LogP contribution in [0.5, 0.6) is 5.75 Å². The number of aliphatic carboxylic acids is 1. The van der Waals surface area contributed by atoms with Gasteiger partial charge in [-0.2, -0.15) is 6.07 Å². The average Bonchev–Trinajstić information content (AvgIpc) is 3.05. The molecule has 1 aliphatic rings. The van der Waals surface area contributed by atoms with Crippen LogP contribution in [-0.2, 0) is 9.59 Å². The van der Waals surface area contributed by atoms with Crippen LogP contribution < -0.4 is 39.6 Å². The summed E-state index contributed by atoms with van der Waals surface area (Å²) in [7, 11) is 1.64. The maximum absolute atomic E-state index is 13.2. The predicted molar refractivity (Wildman–Crippen MR) is 120 cm³/mol. The molecule has 0 bridgehead atoms. The van der Waals surface area contributed by atoms with Gasteiger partial charge in [0.25, 0.3) is 11.9 Å². The molecule has 1 amide bonds. The Hall–Kier alpha value is -2.65. The molecule has 6 nitrogen and oxygen atoms in total. The number of amides is 1. The number of rotatable bonds is 3. The van der Waals surface area contributed by atoms with Crippen molar-refractivity contribution < 1.29 is 53.4 Å². The molecule has 1 heterocycles. The molecular weight excluding hydrogens is 442 g/mol. The predicted octanol–water partition coefficient (Wildman–Crippen LogP) is 1.77. The standard InChI is InChI=1S/C21H14FN2O2S.C2H4O2.Na/c1-26-18-8-7-14-9-13(5-6-15(14)11-18)10-19-20(25)24-21(27-19)23-17-4-2-3-16(22)12-17;1-2(3)4;/h2,4-12H,1H3,(H,23,24,25);1H3,(H,3,4);/q-1;;+1. The van der Waals surface area contributed by atoms with Crippen molar-refractivity contribution in [3.8, 4) is 5.75 Å². The van der Waals surface area contributed by atoms with Gasteiger partial charge in [0.15, 0.2) is 5.17 Å². The number of hydrogen-bond acceptors (Lipinski definition) is 5. The number of ether oxygens (including phenoxy) is 1. The van der Waals surface area contributed by atoms with Crippen LogP contribution in [0.2, 0.25) is 0 Å². The van der Waals surface area contributed by atoms with Gasteiger partial charge in [0.1, 0.15) is 5.75 Å². The number of benzene rings is 3. The largest absolute Gasteiger partial charge is 1.00 e. The molecule has 0 atom stereocenters. The van der Waals surface area contributed by atoms with Gasteiger partial charge >= 0.3 is 29.6 Å². The Bertz CT molecular complexity index is 1210. The Kier molecular flexibility index (Phi) is 9.46. The van der Waals surface area contributed by atoms with Crippen LogP contribution >= 0.6 is 11.8 Å². The van der Waals surface area contributed by atoms with E-state index in [2.05, 4.69) is 16.4 Å². The minimum absolute atomic E-state index is 0. The first-order chi connectivity index (χ1) is 14.8. The van der Waals surface area contributed by atoms with Crippen LogP contribution in [0.15, 0.2) is 64.5 Å². The summed E-state index contributed by atoms with van der Waals surface area (Å²) < 4.78 is 18.5. The summed E-state index contributed by atoms with van der Waals surface area (Å²) >= 11 is 1.22.